The lowest BCUT2D eigenvalue weighted by Gasteiger charge is -2.13. The molecule has 21 heavy (non-hydrogen) atoms. The second-order valence-electron chi connectivity index (χ2n) is 4.65. The van der Waals surface area contributed by atoms with Crippen LogP contribution in [0.2, 0.25) is 0 Å². The molecular weight excluding hydrogens is 356 g/mol. The maximum absolute atomic E-state index is 12.1. The van der Waals surface area contributed by atoms with E-state index in [1.54, 1.807) is 25.3 Å². The van der Waals surface area contributed by atoms with Crippen molar-refractivity contribution in [2.45, 2.75) is 18.9 Å². The Hall–Kier alpha value is -1.18. The smallest absolute Gasteiger partial charge is 0.257 e. The highest BCUT2D eigenvalue weighted by Gasteiger charge is 2.16. The highest BCUT2D eigenvalue weighted by atomic mass is 79.9. The van der Waals surface area contributed by atoms with Gasteiger partial charge in [-0.15, -0.1) is 0 Å². The number of halogens is 1. The Morgan fingerprint density at radius 2 is 2.38 bits per heavy atom. The van der Waals surface area contributed by atoms with Crippen molar-refractivity contribution in [3.05, 3.63) is 28.2 Å². The molecule has 0 aliphatic carbocycles. The predicted octanol–water partition coefficient (Wildman–Crippen LogP) is 2.24. The first-order valence-electron chi connectivity index (χ1n) is 6.64. The summed E-state index contributed by atoms with van der Waals surface area (Å²) < 4.78 is 11.3. The van der Waals surface area contributed by atoms with E-state index in [2.05, 4.69) is 26.6 Å². The van der Waals surface area contributed by atoms with E-state index in [4.69, 9.17) is 21.7 Å². The van der Waals surface area contributed by atoms with Gasteiger partial charge >= 0.3 is 0 Å². The summed E-state index contributed by atoms with van der Waals surface area (Å²) in [6.07, 6.45) is 2.27. The Morgan fingerprint density at radius 1 is 1.57 bits per heavy atom. The third-order valence-electron chi connectivity index (χ3n) is 3.16. The third-order valence-corrected chi connectivity index (χ3v) is 4.02. The van der Waals surface area contributed by atoms with Crippen LogP contribution in [-0.2, 0) is 4.74 Å². The molecule has 114 valence electrons. The number of carbonyl (C=O) groups excluding carboxylic acids is 1. The highest BCUT2D eigenvalue weighted by Crippen LogP contribution is 2.25. The van der Waals surface area contributed by atoms with Gasteiger partial charge in [-0.2, -0.15) is 0 Å². The molecule has 1 aliphatic heterocycles. The average Bonchev–Trinajstić information content (AvgIpc) is 2.98. The SMILES string of the molecule is COc1ccc(C(=O)NC(=S)NCC2CCCO2)cc1Br. The van der Waals surface area contributed by atoms with Crippen LogP contribution in [0.25, 0.3) is 0 Å². The number of benzene rings is 1. The summed E-state index contributed by atoms with van der Waals surface area (Å²) in [5.41, 5.74) is 0.504. The highest BCUT2D eigenvalue weighted by molar-refractivity contribution is 9.10. The molecule has 2 N–H and O–H groups in total. The minimum absolute atomic E-state index is 0.176. The molecule has 0 radical (unpaired) electrons. The predicted molar refractivity (Wildman–Crippen MR) is 87.7 cm³/mol. The van der Waals surface area contributed by atoms with Crippen LogP contribution in [0.3, 0.4) is 0 Å². The Labute approximate surface area is 137 Å². The van der Waals surface area contributed by atoms with Gasteiger partial charge in [0.05, 0.1) is 17.7 Å². The molecule has 1 saturated heterocycles. The summed E-state index contributed by atoms with van der Waals surface area (Å²) in [6.45, 7) is 1.41. The summed E-state index contributed by atoms with van der Waals surface area (Å²) in [5.74, 6) is 0.411. The van der Waals surface area contributed by atoms with Crippen molar-refractivity contribution < 1.29 is 14.3 Å². The summed E-state index contributed by atoms with van der Waals surface area (Å²) in [7, 11) is 1.57. The van der Waals surface area contributed by atoms with E-state index >= 15 is 0 Å². The van der Waals surface area contributed by atoms with Gasteiger partial charge in [0.25, 0.3) is 5.91 Å². The molecule has 1 fully saturated rings. The fourth-order valence-corrected chi connectivity index (χ4v) is 2.76. The molecule has 0 bridgehead atoms. The second kappa shape index (κ2) is 7.72. The zero-order valence-corrected chi connectivity index (χ0v) is 14.1. The number of hydrogen-bond acceptors (Lipinski definition) is 4. The van der Waals surface area contributed by atoms with E-state index in [1.165, 1.54) is 0 Å². The third kappa shape index (κ3) is 4.66. The molecule has 0 saturated carbocycles. The first-order valence-corrected chi connectivity index (χ1v) is 7.84. The Morgan fingerprint density at radius 3 is 3.00 bits per heavy atom. The van der Waals surface area contributed by atoms with Crippen molar-refractivity contribution >= 4 is 39.2 Å². The van der Waals surface area contributed by atoms with Crippen molar-refractivity contribution in [1.82, 2.24) is 10.6 Å². The molecule has 7 heteroatoms. The molecule has 1 aliphatic rings. The van der Waals surface area contributed by atoms with Crippen molar-refractivity contribution in [1.29, 1.82) is 0 Å². The molecule has 5 nitrogen and oxygen atoms in total. The van der Waals surface area contributed by atoms with E-state index in [-0.39, 0.29) is 12.0 Å². The van der Waals surface area contributed by atoms with Gasteiger partial charge in [-0.05, 0) is 59.2 Å². The quantitative estimate of drug-likeness (QED) is 0.793. The fourth-order valence-electron chi connectivity index (χ4n) is 2.04. The minimum Gasteiger partial charge on any atom is -0.496 e. The Bertz CT molecular complexity index is 533. The van der Waals surface area contributed by atoms with Crippen LogP contribution in [0.5, 0.6) is 5.75 Å². The maximum Gasteiger partial charge on any atom is 0.257 e. The Kier molecular flexibility index (Phi) is 5.96. The molecule has 1 unspecified atom stereocenters. The van der Waals surface area contributed by atoms with Crippen molar-refractivity contribution in [3.63, 3.8) is 0 Å². The number of ether oxygens (including phenoxy) is 2. The van der Waals surface area contributed by atoms with Gasteiger partial charge in [-0.3, -0.25) is 10.1 Å². The lowest BCUT2D eigenvalue weighted by molar-refractivity contribution is 0.0973. The maximum atomic E-state index is 12.1. The van der Waals surface area contributed by atoms with Gasteiger partial charge in [0.1, 0.15) is 5.75 Å². The molecule has 2 rings (SSSR count). The fraction of sp³-hybridized carbons (Fsp3) is 0.429. The molecule has 1 aromatic rings. The number of amides is 1. The normalized spacial score (nSPS) is 17.3. The van der Waals surface area contributed by atoms with Gasteiger partial charge in [-0.1, -0.05) is 0 Å². The van der Waals surface area contributed by atoms with Crippen LogP contribution in [0.1, 0.15) is 23.2 Å². The number of rotatable bonds is 4. The summed E-state index contributed by atoms with van der Waals surface area (Å²) in [6, 6.07) is 5.10. The molecular formula is C14H17BrN2O3S. The lowest BCUT2D eigenvalue weighted by atomic mass is 10.2. The van der Waals surface area contributed by atoms with E-state index in [1.807, 2.05) is 0 Å². The average molecular weight is 373 g/mol. The number of hydrogen-bond donors (Lipinski definition) is 2. The van der Waals surface area contributed by atoms with E-state index in [0.29, 0.717) is 23.0 Å². The first-order chi connectivity index (χ1) is 10.1. The monoisotopic (exact) mass is 372 g/mol. The van der Waals surface area contributed by atoms with Crippen LogP contribution < -0.4 is 15.4 Å². The van der Waals surface area contributed by atoms with Crippen molar-refractivity contribution in [3.8, 4) is 5.75 Å². The molecule has 0 spiro atoms. The largest absolute Gasteiger partial charge is 0.496 e. The molecule has 1 aromatic carbocycles. The number of thiocarbonyl (C=S) groups is 1. The van der Waals surface area contributed by atoms with Gasteiger partial charge < -0.3 is 14.8 Å². The summed E-state index contributed by atoms with van der Waals surface area (Å²) >= 11 is 8.46. The molecule has 1 atom stereocenters. The van der Waals surface area contributed by atoms with Crippen molar-refractivity contribution in [2.24, 2.45) is 0 Å². The van der Waals surface area contributed by atoms with Gasteiger partial charge in [-0.25, -0.2) is 0 Å². The number of carbonyl (C=O) groups is 1. The van der Waals surface area contributed by atoms with E-state index in [9.17, 15) is 4.79 Å². The van der Waals surface area contributed by atoms with E-state index in [0.717, 1.165) is 23.9 Å². The van der Waals surface area contributed by atoms with Gasteiger partial charge in [0.15, 0.2) is 5.11 Å². The van der Waals surface area contributed by atoms with Crippen LogP contribution in [0.15, 0.2) is 22.7 Å². The van der Waals surface area contributed by atoms with Crippen LogP contribution in [-0.4, -0.2) is 37.4 Å². The van der Waals surface area contributed by atoms with Crippen LogP contribution in [0, 0.1) is 0 Å². The summed E-state index contributed by atoms with van der Waals surface area (Å²) in [4.78, 5) is 12.1. The van der Waals surface area contributed by atoms with Crippen LogP contribution >= 0.6 is 28.1 Å². The Balaban J connectivity index is 1.85. The zero-order chi connectivity index (χ0) is 15.2. The zero-order valence-electron chi connectivity index (χ0n) is 11.6. The molecule has 1 heterocycles. The molecule has 0 aromatic heterocycles. The first kappa shape index (κ1) is 16.2. The lowest BCUT2D eigenvalue weighted by Crippen LogP contribution is -2.42. The van der Waals surface area contributed by atoms with Gasteiger partial charge in [0.2, 0.25) is 0 Å². The van der Waals surface area contributed by atoms with E-state index < -0.39 is 0 Å². The number of nitrogens with one attached hydrogen (secondary N) is 2. The standard InChI is InChI=1S/C14H17BrN2O3S/c1-19-12-5-4-9(7-11(12)15)13(18)17-14(21)16-8-10-3-2-6-20-10/h4-5,7,10H,2-3,6,8H2,1H3,(H2,16,17,18,21). The minimum atomic E-state index is -0.261. The topological polar surface area (TPSA) is 59.6 Å². The van der Waals surface area contributed by atoms with Crippen molar-refractivity contribution in [2.75, 3.05) is 20.3 Å². The summed E-state index contributed by atoms with van der Waals surface area (Å²) in [5, 5.41) is 5.96. The number of methoxy groups -OCH3 is 1. The van der Waals surface area contributed by atoms with Gasteiger partial charge in [0, 0.05) is 18.7 Å². The second-order valence-corrected chi connectivity index (χ2v) is 5.91. The molecule has 1 amide bonds. The van der Waals surface area contributed by atoms with Crippen LogP contribution in [0.4, 0.5) is 0 Å².